The largest absolute Gasteiger partial charge is 0.373 e. The first-order chi connectivity index (χ1) is 9.44. The lowest BCUT2D eigenvalue weighted by Gasteiger charge is -2.34. The molecule has 1 aromatic carbocycles. The van der Waals surface area contributed by atoms with E-state index in [1.807, 2.05) is 18.7 Å². The number of anilines is 1. The molecule has 0 aromatic heterocycles. The summed E-state index contributed by atoms with van der Waals surface area (Å²) in [6.07, 6.45) is 0.192. The number of hydrogen-bond donors (Lipinski definition) is 1. The van der Waals surface area contributed by atoms with Crippen molar-refractivity contribution in [2.75, 3.05) is 25.0 Å². The second-order valence-electron chi connectivity index (χ2n) is 5.12. The van der Waals surface area contributed by atoms with Crippen molar-refractivity contribution in [1.82, 2.24) is 4.90 Å². The third-order valence-corrected chi connectivity index (χ3v) is 3.30. The SMILES string of the molecule is CC1CN(CC(=O)Nc2ccc(Cl)cc2F)CC(C)O1. The number of carbonyl (C=O) groups is 1. The molecule has 2 atom stereocenters. The molecule has 6 heteroatoms. The Morgan fingerprint density at radius 3 is 2.70 bits per heavy atom. The highest BCUT2D eigenvalue weighted by atomic mass is 35.5. The van der Waals surface area contributed by atoms with Gasteiger partial charge in [-0.05, 0) is 32.0 Å². The Bertz CT molecular complexity index is 488. The average molecular weight is 301 g/mol. The van der Waals surface area contributed by atoms with Crippen LogP contribution in [0.5, 0.6) is 0 Å². The van der Waals surface area contributed by atoms with Crippen LogP contribution in [0.3, 0.4) is 0 Å². The summed E-state index contributed by atoms with van der Waals surface area (Å²) in [7, 11) is 0. The van der Waals surface area contributed by atoms with Crippen LogP contribution in [0.2, 0.25) is 5.02 Å². The Morgan fingerprint density at radius 2 is 2.10 bits per heavy atom. The fourth-order valence-corrected chi connectivity index (χ4v) is 2.56. The Labute approximate surface area is 122 Å². The van der Waals surface area contributed by atoms with Crippen LogP contribution < -0.4 is 5.32 Å². The molecule has 0 spiro atoms. The third-order valence-electron chi connectivity index (χ3n) is 3.07. The van der Waals surface area contributed by atoms with E-state index < -0.39 is 5.82 Å². The van der Waals surface area contributed by atoms with Crippen molar-refractivity contribution in [1.29, 1.82) is 0 Å². The average Bonchev–Trinajstić information content (AvgIpc) is 2.31. The van der Waals surface area contributed by atoms with E-state index in [9.17, 15) is 9.18 Å². The zero-order valence-corrected chi connectivity index (χ0v) is 12.3. The molecule has 2 rings (SSSR count). The molecule has 1 aliphatic heterocycles. The Kier molecular flexibility index (Phi) is 4.96. The Morgan fingerprint density at radius 1 is 1.45 bits per heavy atom. The van der Waals surface area contributed by atoms with Gasteiger partial charge in [-0.2, -0.15) is 0 Å². The van der Waals surface area contributed by atoms with Crippen molar-refractivity contribution in [3.05, 3.63) is 29.0 Å². The van der Waals surface area contributed by atoms with Gasteiger partial charge in [0.15, 0.2) is 0 Å². The topological polar surface area (TPSA) is 41.6 Å². The number of nitrogens with zero attached hydrogens (tertiary/aromatic N) is 1. The standard InChI is InChI=1S/C14H18ClFN2O2/c1-9-6-18(7-10(2)20-9)8-14(19)17-13-4-3-11(15)5-12(13)16/h3-5,9-10H,6-8H2,1-2H3,(H,17,19). The third kappa shape index (κ3) is 4.16. The summed E-state index contributed by atoms with van der Waals surface area (Å²) in [5.41, 5.74) is 0.147. The number of nitrogens with one attached hydrogen (secondary N) is 1. The van der Waals surface area contributed by atoms with Crippen molar-refractivity contribution in [3.8, 4) is 0 Å². The molecule has 4 nitrogen and oxygen atoms in total. The van der Waals surface area contributed by atoms with Gasteiger partial charge in [0.05, 0.1) is 24.4 Å². The van der Waals surface area contributed by atoms with Crippen molar-refractivity contribution in [2.24, 2.45) is 0 Å². The first kappa shape index (κ1) is 15.2. The van der Waals surface area contributed by atoms with Crippen LogP contribution in [0.25, 0.3) is 0 Å². The number of hydrogen-bond acceptors (Lipinski definition) is 3. The van der Waals surface area contributed by atoms with Gasteiger partial charge >= 0.3 is 0 Å². The molecule has 0 bridgehead atoms. The van der Waals surface area contributed by atoms with Crippen molar-refractivity contribution >= 4 is 23.2 Å². The number of halogens is 2. The van der Waals surface area contributed by atoms with Gasteiger partial charge in [0.25, 0.3) is 0 Å². The highest BCUT2D eigenvalue weighted by Crippen LogP contribution is 2.19. The minimum Gasteiger partial charge on any atom is -0.373 e. The molecular weight excluding hydrogens is 283 g/mol. The van der Waals surface area contributed by atoms with Gasteiger partial charge < -0.3 is 10.1 Å². The van der Waals surface area contributed by atoms with Crippen LogP contribution >= 0.6 is 11.6 Å². The van der Waals surface area contributed by atoms with Gasteiger partial charge in [0, 0.05) is 18.1 Å². The van der Waals surface area contributed by atoms with E-state index in [1.54, 1.807) is 6.07 Å². The van der Waals surface area contributed by atoms with Gasteiger partial charge in [-0.25, -0.2) is 4.39 Å². The predicted octanol–water partition coefficient (Wildman–Crippen LogP) is 2.53. The Hall–Kier alpha value is -1.17. The minimum atomic E-state index is -0.533. The fraction of sp³-hybridized carbons (Fsp3) is 0.500. The van der Waals surface area contributed by atoms with E-state index in [2.05, 4.69) is 5.32 Å². The van der Waals surface area contributed by atoms with E-state index in [4.69, 9.17) is 16.3 Å². The number of morpholine rings is 1. The van der Waals surface area contributed by atoms with Crippen LogP contribution in [0, 0.1) is 5.82 Å². The van der Waals surface area contributed by atoms with Crippen LogP contribution in [0.1, 0.15) is 13.8 Å². The monoisotopic (exact) mass is 300 g/mol. The molecule has 20 heavy (non-hydrogen) atoms. The number of carbonyl (C=O) groups excluding carboxylic acids is 1. The van der Waals surface area contributed by atoms with Crippen molar-refractivity contribution in [3.63, 3.8) is 0 Å². The van der Waals surface area contributed by atoms with Crippen LogP contribution in [-0.4, -0.2) is 42.6 Å². The molecule has 1 aliphatic rings. The molecule has 110 valence electrons. The summed E-state index contributed by atoms with van der Waals surface area (Å²) in [6.45, 7) is 5.56. The van der Waals surface area contributed by atoms with Crippen LogP contribution in [0.15, 0.2) is 18.2 Å². The maximum absolute atomic E-state index is 13.6. The summed E-state index contributed by atoms with van der Waals surface area (Å²) in [6, 6.07) is 4.18. The summed E-state index contributed by atoms with van der Waals surface area (Å²) in [5, 5.41) is 2.86. The lowest BCUT2D eigenvalue weighted by atomic mass is 10.2. The minimum absolute atomic E-state index is 0.0961. The van der Waals surface area contributed by atoms with Gasteiger partial charge in [-0.15, -0.1) is 0 Å². The van der Waals surface area contributed by atoms with Crippen LogP contribution in [0.4, 0.5) is 10.1 Å². The second-order valence-corrected chi connectivity index (χ2v) is 5.56. The first-order valence-corrected chi connectivity index (χ1v) is 6.94. The summed E-state index contributed by atoms with van der Waals surface area (Å²) < 4.78 is 19.2. The van der Waals surface area contributed by atoms with E-state index in [-0.39, 0.29) is 30.3 Å². The summed E-state index contributed by atoms with van der Waals surface area (Å²) in [5.74, 6) is -0.776. The molecule has 1 heterocycles. The molecule has 0 radical (unpaired) electrons. The molecular formula is C14H18ClFN2O2. The molecule has 1 N–H and O–H groups in total. The zero-order valence-electron chi connectivity index (χ0n) is 11.5. The Balaban J connectivity index is 1.92. The van der Waals surface area contributed by atoms with E-state index in [0.717, 1.165) is 0 Å². The zero-order chi connectivity index (χ0) is 14.7. The fourth-order valence-electron chi connectivity index (χ4n) is 2.40. The number of benzene rings is 1. The van der Waals surface area contributed by atoms with Crippen molar-refractivity contribution < 1.29 is 13.9 Å². The van der Waals surface area contributed by atoms with Crippen LogP contribution in [-0.2, 0) is 9.53 Å². The highest BCUT2D eigenvalue weighted by Gasteiger charge is 2.23. The molecule has 0 saturated carbocycles. The molecule has 0 aliphatic carbocycles. The molecule has 1 saturated heterocycles. The maximum Gasteiger partial charge on any atom is 0.238 e. The van der Waals surface area contributed by atoms with E-state index >= 15 is 0 Å². The molecule has 1 fully saturated rings. The van der Waals surface area contributed by atoms with Gasteiger partial charge in [0.2, 0.25) is 5.91 Å². The molecule has 1 amide bonds. The van der Waals surface area contributed by atoms with Gasteiger partial charge in [0.1, 0.15) is 5.82 Å². The van der Waals surface area contributed by atoms with E-state index in [0.29, 0.717) is 18.1 Å². The highest BCUT2D eigenvalue weighted by molar-refractivity contribution is 6.30. The number of ether oxygens (including phenoxy) is 1. The lowest BCUT2D eigenvalue weighted by Crippen LogP contribution is -2.48. The lowest BCUT2D eigenvalue weighted by molar-refractivity contribution is -0.121. The maximum atomic E-state index is 13.6. The molecule has 2 unspecified atom stereocenters. The smallest absolute Gasteiger partial charge is 0.238 e. The van der Waals surface area contributed by atoms with Gasteiger partial charge in [-0.1, -0.05) is 11.6 Å². The molecule has 1 aromatic rings. The number of amides is 1. The second kappa shape index (κ2) is 6.52. The predicted molar refractivity (Wildman–Crippen MR) is 76.5 cm³/mol. The summed E-state index contributed by atoms with van der Waals surface area (Å²) in [4.78, 5) is 13.9. The van der Waals surface area contributed by atoms with E-state index in [1.165, 1.54) is 12.1 Å². The first-order valence-electron chi connectivity index (χ1n) is 6.56. The van der Waals surface area contributed by atoms with Gasteiger partial charge in [-0.3, -0.25) is 9.69 Å². The van der Waals surface area contributed by atoms with Crippen molar-refractivity contribution in [2.45, 2.75) is 26.1 Å². The normalized spacial score (nSPS) is 23.6. The quantitative estimate of drug-likeness (QED) is 0.932. The number of rotatable bonds is 3. The summed E-state index contributed by atoms with van der Waals surface area (Å²) >= 11 is 5.67.